The van der Waals surface area contributed by atoms with Crippen LogP contribution in [-0.2, 0) is 20.2 Å². The number of carbonyl (C=O) groups is 1. The van der Waals surface area contributed by atoms with Crippen LogP contribution in [0.3, 0.4) is 0 Å². The maximum Gasteiger partial charge on any atom is 0.388 e. The number of pyridine rings is 1. The fourth-order valence-corrected chi connectivity index (χ4v) is 6.65. The Morgan fingerprint density at radius 2 is 2.03 bits per heavy atom. The van der Waals surface area contributed by atoms with Gasteiger partial charge in [-0.05, 0) is 38.3 Å². The minimum absolute atomic E-state index is 0. The molecule has 13 heteroatoms. The van der Waals surface area contributed by atoms with Gasteiger partial charge in [-0.15, -0.1) is 12.4 Å². The second kappa shape index (κ2) is 10.5. The minimum Gasteiger partial charge on any atom is -0.417 e. The van der Waals surface area contributed by atoms with Gasteiger partial charge in [0.2, 0.25) is 11.8 Å². The number of benzene rings is 1. The molecule has 0 unspecified atom stereocenters. The van der Waals surface area contributed by atoms with Gasteiger partial charge >= 0.3 is 6.61 Å². The lowest BCUT2D eigenvalue weighted by Gasteiger charge is -2.45. The third kappa shape index (κ3) is 5.42. The van der Waals surface area contributed by atoms with Crippen molar-refractivity contribution in [3.8, 4) is 17.0 Å². The first kappa shape index (κ1) is 28.1. The number of sulfone groups is 1. The van der Waals surface area contributed by atoms with E-state index in [9.17, 15) is 22.0 Å². The van der Waals surface area contributed by atoms with E-state index in [1.807, 2.05) is 0 Å². The second-order valence-corrected chi connectivity index (χ2v) is 11.9. The van der Waals surface area contributed by atoms with Crippen molar-refractivity contribution < 1.29 is 26.7 Å². The molecule has 2 saturated heterocycles. The summed E-state index contributed by atoms with van der Waals surface area (Å²) in [5, 5.41) is 11.4. The van der Waals surface area contributed by atoms with E-state index in [4.69, 9.17) is 17.0 Å². The molecule has 2 N–H and O–H groups in total. The number of guanidine groups is 1. The van der Waals surface area contributed by atoms with E-state index in [0.29, 0.717) is 21.7 Å². The highest BCUT2D eigenvalue weighted by Gasteiger charge is 2.45. The molecule has 4 rings (SSSR count). The number of nitrogens with zero attached hydrogens (tertiary/aromatic N) is 2. The molecular formula is C23H26Cl2F2N4O4S. The molecule has 1 aromatic carbocycles. The van der Waals surface area contributed by atoms with Crippen molar-refractivity contribution >= 4 is 45.7 Å². The molecular weight excluding hydrogens is 537 g/mol. The molecule has 3 atom stereocenters. The number of aromatic nitrogens is 1. The number of halogens is 4. The number of ether oxygens (including phenoxy) is 1. The Kier molecular flexibility index (Phi) is 8.17. The van der Waals surface area contributed by atoms with Crippen LogP contribution in [-0.4, -0.2) is 53.8 Å². The van der Waals surface area contributed by atoms with E-state index in [1.54, 1.807) is 38.1 Å². The van der Waals surface area contributed by atoms with Crippen molar-refractivity contribution in [3.63, 3.8) is 0 Å². The van der Waals surface area contributed by atoms with Crippen molar-refractivity contribution in [1.29, 1.82) is 5.41 Å². The number of alkyl halides is 2. The smallest absolute Gasteiger partial charge is 0.388 e. The van der Waals surface area contributed by atoms with Crippen molar-refractivity contribution in [1.82, 2.24) is 15.2 Å². The van der Waals surface area contributed by atoms with Gasteiger partial charge in [-0.2, -0.15) is 8.78 Å². The zero-order chi connectivity index (χ0) is 25.5. The number of amides is 1. The lowest BCUT2D eigenvalue weighted by Crippen LogP contribution is -2.63. The van der Waals surface area contributed by atoms with Gasteiger partial charge in [-0.1, -0.05) is 29.8 Å². The minimum atomic E-state index is -3.18. The summed E-state index contributed by atoms with van der Waals surface area (Å²) in [5.41, 5.74) is 0.743. The van der Waals surface area contributed by atoms with Crippen LogP contribution in [0.15, 0.2) is 36.5 Å². The van der Waals surface area contributed by atoms with Gasteiger partial charge in [-0.3, -0.25) is 15.1 Å². The van der Waals surface area contributed by atoms with Crippen LogP contribution in [0.2, 0.25) is 5.02 Å². The number of nitrogens with one attached hydrogen (secondary N) is 2. The van der Waals surface area contributed by atoms with Crippen LogP contribution < -0.4 is 10.1 Å². The van der Waals surface area contributed by atoms with Gasteiger partial charge < -0.3 is 10.1 Å². The Morgan fingerprint density at radius 1 is 1.31 bits per heavy atom. The van der Waals surface area contributed by atoms with E-state index in [0.717, 1.165) is 0 Å². The Balaban J connectivity index is 0.00000361. The summed E-state index contributed by atoms with van der Waals surface area (Å²) in [5.74, 6) is -0.627. The summed E-state index contributed by atoms with van der Waals surface area (Å²) in [6.07, 6.45) is 1.94. The fraction of sp³-hybridized carbons (Fsp3) is 0.435. The predicted octanol–water partition coefficient (Wildman–Crippen LogP) is 4.36. The molecule has 2 fully saturated rings. The fourth-order valence-electron chi connectivity index (χ4n) is 4.69. The summed E-state index contributed by atoms with van der Waals surface area (Å²) in [7, 11) is -3.18. The van der Waals surface area contributed by atoms with E-state index < -0.39 is 27.2 Å². The zero-order valence-electron chi connectivity index (χ0n) is 19.5. The first-order valence-corrected chi connectivity index (χ1v) is 13.1. The van der Waals surface area contributed by atoms with Crippen LogP contribution >= 0.6 is 24.0 Å². The predicted molar refractivity (Wildman–Crippen MR) is 135 cm³/mol. The Labute approximate surface area is 219 Å². The Hall–Kier alpha value is -2.50. The average molecular weight is 563 g/mol. The maximum atomic E-state index is 13.2. The summed E-state index contributed by atoms with van der Waals surface area (Å²) in [6.45, 7) is 0.419. The molecule has 1 amide bonds. The van der Waals surface area contributed by atoms with Gasteiger partial charge in [0, 0.05) is 29.4 Å². The third-order valence-electron chi connectivity index (χ3n) is 6.58. The molecule has 0 spiro atoms. The lowest BCUT2D eigenvalue weighted by molar-refractivity contribution is -0.132. The maximum absolute atomic E-state index is 13.2. The molecule has 0 aliphatic carbocycles. The zero-order valence-corrected chi connectivity index (χ0v) is 21.9. The van der Waals surface area contributed by atoms with E-state index in [1.165, 1.54) is 17.2 Å². The molecule has 1 aromatic heterocycles. The molecule has 36 heavy (non-hydrogen) atoms. The molecule has 2 aromatic rings. The number of rotatable bonds is 5. The summed E-state index contributed by atoms with van der Waals surface area (Å²) in [6, 6.07) is 7.75. The highest BCUT2D eigenvalue weighted by atomic mass is 35.5. The van der Waals surface area contributed by atoms with Crippen molar-refractivity contribution in [2.45, 2.75) is 56.6 Å². The quantitative estimate of drug-likeness (QED) is 0.559. The van der Waals surface area contributed by atoms with Crippen LogP contribution in [0.1, 0.15) is 38.7 Å². The number of carbonyl (C=O) groups excluding carboxylic acids is 1. The largest absolute Gasteiger partial charge is 0.417 e. The van der Waals surface area contributed by atoms with E-state index >= 15 is 0 Å². The SMILES string of the molecule is C[C@H]1C[C@H](N2C(=N)N[C@](C)(c3cccc(-c4ccc(OC(F)F)nc4)c3Cl)CC2=O)CCS1(=O)=O.Cl. The summed E-state index contributed by atoms with van der Waals surface area (Å²) >= 11 is 6.74. The van der Waals surface area contributed by atoms with Gasteiger partial charge in [0.1, 0.15) is 0 Å². The normalized spacial score (nSPS) is 25.8. The second-order valence-electron chi connectivity index (χ2n) is 9.03. The molecule has 2 aliphatic rings. The van der Waals surface area contributed by atoms with Crippen LogP contribution in [0.25, 0.3) is 11.1 Å². The van der Waals surface area contributed by atoms with Crippen LogP contribution in [0.4, 0.5) is 8.78 Å². The molecule has 8 nitrogen and oxygen atoms in total. The van der Waals surface area contributed by atoms with Crippen molar-refractivity contribution in [2.75, 3.05) is 5.75 Å². The molecule has 3 heterocycles. The first-order chi connectivity index (χ1) is 16.4. The standard InChI is InChI=1S/C23H25ClF2N4O4S.ClH/c1-13-10-15(8-9-35(13,32)33)30-19(31)11-23(2,29-22(30)27)17-5-3-4-16(20(17)24)14-6-7-18(28-12-14)34-21(25)26;/h3-7,12-13,15,21H,8-11H2,1-2H3,(H2,27,29);1H/t13-,15+,23-;/m0./s1. The van der Waals surface area contributed by atoms with Crippen molar-refractivity contribution in [3.05, 3.63) is 47.1 Å². The first-order valence-electron chi connectivity index (χ1n) is 11.0. The molecule has 0 saturated carbocycles. The van der Waals surface area contributed by atoms with Gasteiger partial charge in [-0.25, -0.2) is 13.4 Å². The average Bonchev–Trinajstić information content (AvgIpc) is 2.76. The molecule has 0 radical (unpaired) electrons. The van der Waals surface area contributed by atoms with Crippen LogP contribution in [0.5, 0.6) is 5.88 Å². The molecule has 0 bridgehead atoms. The van der Waals surface area contributed by atoms with Crippen LogP contribution in [0, 0.1) is 5.41 Å². The van der Waals surface area contributed by atoms with Gasteiger partial charge in [0.15, 0.2) is 15.8 Å². The highest BCUT2D eigenvalue weighted by Crippen LogP contribution is 2.40. The Bertz CT molecular complexity index is 1240. The number of hydrogen-bond acceptors (Lipinski definition) is 6. The summed E-state index contributed by atoms with van der Waals surface area (Å²) < 4.78 is 53.3. The summed E-state index contributed by atoms with van der Waals surface area (Å²) in [4.78, 5) is 18.5. The lowest BCUT2D eigenvalue weighted by atomic mass is 9.84. The van der Waals surface area contributed by atoms with E-state index in [-0.39, 0.29) is 61.2 Å². The molecule has 196 valence electrons. The van der Waals surface area contributed by atoms with Crippen molar-refractivity contribution in [2.24, 2.45) is 0 Å². The van der Waals surface area contributed by atoms with E-state index in [2.05, 4.69) is 15.0 Å². The third-order valence-corrected chi connectivity index (χ3v) is 9.21. The monoisotopic (exact) mass is 562 g/mol. The highest BCUT2D eigenvalue weighted by molar-refractivity contribution is 7.92. The Morgan fingerprint density at radius 3 is 2.61 bits per heavy atom. The van der Waals surface area contributed by atoms with Gasteiger partial charge in [0.05, 0.1) is 28.0 Å². The van der Waals surface area contributed by atoms with Gasteiger partial charge in [0.25, 0.3) is 0 Å². The molecule has 2 aliphatic heterocycles. The number of hydrogen-bond donors (Lipinski definition) is 2. The topological polar surface area (TPSA) is 112 Å².